The van der Waals surface area contributed by atoms with Crippen molar-refractivity contribution in [2.24, 2.45) is 0 Å². The van der Waals surface area contributed by atoms with Crippen molar-refractivity contribution in [2.45, 2.75) is 13.8 Å². The zero-order valence-corrected chi connectivity index (χ0v) is 15.7. The number of benzene rings is 2. The lowest BCUT2D eigenvalue weighted by atomic mass is 10.1. The van der Waals surface area contributed by atoms with Crippen molar-refractivity contribution in [2.75, 3.05) is 5.32 Å². The molecule has 0 atom stereocenters. The van der Waals surface area contributed by atoms with Crippen LogP contribution in [-0.4, -0.2) is 10.5 Å². The molecule has 0 radical (unpaired) electrons. The van der Waals surface area contributed by atoms with Crippen LogP contribution in [0, 0.1) is 13.8 Å². The number of hydrogen-bond donors (Lipinski definition) is 1. The summed E-state index contributed by atoms with van der Waals surface area (Å²) in [6, 6.07) is 15.5. The summed E-state index contributed by atoms with van der Waals surface area (Å²) < 4.78 is 1.83. The van der Waals surface area contributed by atoms with E-state index >= 15 is 0 Å². The van der Waals surface area contributed by atoms with Gasteiger partial charge < -0.3 is 9.88 Å². The maximum Gasteiger partial charge on any atom is 0.261 e. The molecular weight excluding hydrogens is 371 g/mol. The summed E-state index contributed by atoms with van der Waals surface area (Å²) in [5.41, 5.74) is 2.31. The first-order valence-electron chi connectivity index (χ1n) is 7.93. The first kappa shape index (κ1) is 18.2. The summed E-state index contributed by atoms with van der Waals surface area (Å²) in [5, 5.41) is 3.80. The number of rotatable bonds is 3. The second-order valence-corrected chi connectivity index (χ2v) is 6.76. The highest BCUT2D eigenvalue weighted by molar-refractivity contribution is 6.31. The fraction of sp³-hybridized carbons (Fsp3) is 0.100. The van der Waals surface area contributed by atoms with Crippen LogP contribution in [0.3, 0.4) is 0 Å². The van der Waals surface area contributed by atoms with Crippen LogP contribution in [0.2, 0.25) is 10.0 Å². The molecule has 2 aromatic carbocycles. The SMILES string of the molecule is Cc1cc(=O)c(C(=O)Nc2cccc(Cl)c2)c(C)n1-c1cccc(Cl)c1. The van der Waals surface area contributed by atoms with E-state index in [2.05, 4.69) is 5.32 Å². The van der Waals surface area contributed by atoms with Gasteiger partial charge in [-0.05, 0) is 50.2 Å². The molecule has 1 N–H and O–H groups in total. The number of aryl methyl sites for hydroxylation is 1. The second kappa shape index (κ2) is 7.36. The predicted octanol–water partition coefficient (Wildman–Crippen LogP) is 5.01. The molecule has 0 aliphatic heterocycles. The Morgan fingerprint density at radius 3 is 2.27 bits per heavy atom. The first-order chi connectivity index (χ1) is 12.4. The smallest absolute Gasteiger partial charge is 0.261 e. The highest BCUT2D eigenvalue weighted by Gasteiger charge is 2.18. The standard InChI is InChI=1S/C20H16Cl2N2O2/c1-12-9-18(25)19(20(26)23-16-7-3-5-14(21)10-16)13(2)24(12)17-8-4-6-15(22)11-17/h3-11H,1-2H3,(H,23,26). The highest BCUT2D eigenvalue weighted by atomic mass is 35.5. The number of halogens is 2. The van der Waals surface area contributed by atoms with Gasteiger partial charge in [0, 0.05) is 38.9 Å². The Hall–Kier alpha value is -2.56. The molecular formula is C20H16Cl2N2O2. The minimum absolute atomic E-state index is 0.0792. The van der Waals surface area contributed by atoms with E-state index in [0.717, 1.165) is 5.69 Å². The van der Waals surface area contributed by atoms with Gasteiger partial charge in [0.1, 0.15) is 5.56 Å². The molecule has 3 aromatic rings. The Bertz CT molecular complexity index is 1060. The van der Waals surface area contributed by atoms with Gasteiger partial charge in [0.05, 0.1) is 0 Å². The zero-order valence-electron chi connectivity index (χ0n) is 14.2. The van der Waals surface area contributed by atoms with E-state index in [1.54, 1.807) is 43.3 Å². The van der Waals surface area contributed by atoms with Crippen molar-refractivity contribution in [3.8, 4) is 5.69 Å². The van der Waals surface area contributed by atoms with Gasteiger partial charge in [0.2, 0.25) is 0 Å². The molecule has 132 valence electrons. The predicted molar refractivity (Wildman–Crippen MR) is 106 cm³/mol. The van der Waals surface area contributed by atoms with Crippen LogP contribution in [0.25, 0.3) is 5.69 Å². The minimum Gasteiger partial charge on any atom is -0.322 e. The van der Waals surface area contributed by atoms with E-state index in [1.165, 1.54) is 6.07 Å². The number of carbonyl (C=O) groups excluding carboxylic acids is 1. The van der Waals surface area contributed by atoms with Crippen molar-refractivity contribution in [3.63, 3.8) is 0 Å². The molecule has 1 heterocycles. The number of hydrogen-bond acceptors (Lipinski definition) is 2. The van der Waals surface area contributed by atoms with Gasteiger partial charge in [-0.2, -0.15) is 0 Å². The van der Waals surface area contributed by atoms with Crippen LogP contribution in [0.5, 0.6) is 0 Å². The molecule has 1 aromatic heterocycles. The Morgan fingerprint density at radius 1 is 0.962 bits per heavy atom. The third kappa shape index (κ3) is 3.66. The number of amides is 1. The first-order valence-corrected chi connectivity index (χ1v) is 8.68. The van der Waals surface area contributed by atoms with Crippen LogP contribution < -0.4 is 10.7 Å². The van der Waals surface area contributed by atoms with Gasteiger partial charge in [-0.25, -0.2) is 0 Å². The zero-order chi connectivity index (χ0) is 18.8. The molecule has 0 aliphatic carbocycles. The fourth-order valence-corrected chi connectivity index (χ4v) is 3.30. The Kier molecular flexibility index (Phi) is 5.16. The third-order valence-corrected chi connectivity index (χ3v) is 4.48. The van der Waals surface area contributed by atoms with Crippen molar-refractivity contribution in [1.29, 1.82) is 0 Å². The summed E-state index contributed by atoms with van der Waals surface area (Å²) in [5.74, 6) is -0.481. The van der Waals surface area contributed by atoms with Crippen molar-refractivity contribution in [1.82, 2.24) is 4.57 Å². The molecule has 1 amide bonds. The molecule has 26 heavy (non-hydrogen) atoms. The molecule has 0 unspecified atom stereocenters. The fourth-order valence-electron chi connectivity index (χ4n) is 2.93. The maximum atomic E-state index is 12.7. The highest BCUT2D eigenvalue weighted by Crippen LogP contribution is 2.21. The molecule has 0 fully saturated rings. The van der Waals surface area contributed by atoms with E-state index in [4.69, 9.17) is 23.2 Å². The van der Waals surface area contributed by atoms with Crippen molar-refractivity contribution < 1.29 is 4.79 Å². The van der Waals surface area contributed by atoms with Gasteiger partial charge in [0.25, 0.3) is 5.91 Å². The van der Waals surface area contributed by atoms with Crippen LogP contribution >= 0.6 is 23.2 Å². The van der Waals surface area contributed by atoms with Gasteiger partial charge >= 0.3 is 0 Å². The molecule has 0 saturated heterocycles. The summed E-state index contributed by atoms with van der Waals surface area (Å²) in [6.45, 7) is 3.55. The van der Waals surface area contributed by atoms with E-state index in [1.807, 2.05) is 23.6 Å². The van der Waals surface area contributed by atoms with Crippen LogP contribution in [0.15, 0.2) is 59.4 Å². The van der Waals surface area contributed by atoms with Gasteiger partial charge in [-0.1, -0.05) is 35.3 Å². The summed E-state index contributed by atoms with van der Waals surface area (Å²) >= 11 is 12.0. The monoisotopic (exact) mass is 386 g/mol. The van der Waals surface area contributed by atoms with E-state index in [9.17, 15) is 9.59 Å². The van der Waals surface area contributed by atoms with Gasteiger partial charge in [-0.3, -0.25) is 9.59 Å². The normalized spacial score (nSPS) is 10.6. The Morgan fingerprint density at radius 2 is 1.62 bits per heavy atom. The number of aromatic nitrogens is 1. The number of nitrogens with zero attached hydrogens (tertiary/aromatic N) is 1. The number of carbonyl (C=O) groups is 1. The van der Waals surface area contributed by atoms with Crippen molar-refractivity contribution in [3.05, 3.63) is 91.8 Å². The average molecular weight is 387 g/mol. The van der Waals surface area contributed by atoms with Crippen LogP contribution in [0.4, 0.5) is 5.69 Å². The van der Waals surface area contributed by atoms with Gasteiger partial charge in [0.15, 0.2) is 5.43 Å². The summed E-state index contributed by atoms with van der Waals surface area (Å²) in [6.07, 6.45) is 0. The maximum absolute atomic E-state index is 12.7. The summed E-state index contributed by atoms with van der Waals surface area (Å²) in [4.78, 5) is 25.2. The molecule has 3 rings (SSSR count). The van der Waals surface area contributed by atoms with Crippen LogP contribution in [-0.2, 0) is 0 Å². The largest absolute Gasteiger partial charge is 0.322 e. The average Bonchev–Trinajstić information content (AvgIpc) is 2.54. The van der Waals surface area contributed by atoms with Crippen LogP contribution in [0.1, 0.15) is 21.7 Å². The van der Waals surface area contributed by atoms with E-state index in [0.29, 0.717) is 27.1 Å². The number of pyridine rings is 1. The molecule has 0 saturated carbocycles. The summed E-state index contributed by atoms with van der Waals surface area (Å²) in [7, 11) is 0. The molecule has 0 bridgehead atoms. The lowest BCUT2D eigenvalue weighted by Gasteiger charge is -2.18. The van der Waals surface area contributed by atoms with E-state index < -0.39 is 5.91 Å². The molecule has 0 spiro atoms. The number of nitrogens with one attached hydrogen (secondary N) is 1. The van der Waals surface area contributed by atoms with Crippen molar-refractivity contribution >= 4 is 34.8 Å². The van der Waals surface area contributed by atoms with Gasteiger partial charge in [-0.15, -0.1) is 0 Å². The number of anilines is 1. The lowest BCUT2D eigenvalue weighted by molar-refractivity contribution is 0.102. The molecule has 4 nitrogen and oxygen atoms in total. The quantitative estimate of drug-likeness (QED) is 0.687. The Balaban J connectivity index is 2.09. The Labute approximate surface area is 161 Å². The lowest BCUT2D eigenvalue weighted by Crippen LogP contribution is -2.26. The third-order valence-electron chi connectivity index (χ3n) is 4.01. The molecule has 0 aliphatic rings. The topological polar surface area (TPSA) is 51.1 Å². The minimum atomic E-state index is -0.481. The van der Waals surface area contributed by atoms with E-state index in [-0.39, 0.29) is 11.0 Å². The second-order valence-electron chi connectivity index (χ2n) is 5.89. The molecule has 6 heteroatoms.